The van der Waals surface area contributed by atoms with Crippen molar-refractivity contribution in [3.63, 3.8) is 0 Å². The predicted molar refractivity (Wildman–Crippen MR) is 120 cm³/mol. The van der Waals surface area contributed by atoms with Gasteiger partial charge in [0, 0.05) is 37.5 Å². The molecular weight excluding hydrogens is 465 g/mol. The molecule has 0 unspecified atom stereocenters. The SMILES string of the molecule is Cc1cc(NC2CCC(N(OC(=O)C(F)(F)F)C(=O)c3ccc(C#N)cc3)CC2)nc(N(C)C)n1. The van der Waals surface area contributed by atoms with Crippen LogP contribution in [0, 0.1) is 18.3 Å². The quantitative estimate of drug-likeness (QED) is 0.633. The van der Waals surface area contributed by atoms with Gasteiger partial charge in [0.1, 0.15) is 5.82 Å². The second-order valence-electron chi connectivity index (χ2n) is 8.44. The molecule has 3 rings (SSSR count). The van der Waals surface area contributed by atoms with Crippen molar-refractivity contribution in [2.24, 2.45) is 0 Å². The fourth-order valence-corrected chi connectivity index (χ4v) is 3.73. The zero-order valence-corrected chi connectivity index (χ0v) is 19.5. The number of benzene rings is 1. The van der Waals surface area contributed by atoms with E-state index in [2.05, 4.69) is 20.1 Å². The zero-order chi connectivity index (χ0) is 25.8. The van der Waals surface area contributed by atoms with Crippen LogP contribution in [0.3, 0.4) is 0 Å². The Morgan fingerprint density at radius 1 is 1.11 bits per heavy atom. The van der Waals surface area contributed by atoms with Gasteiger partial charge < -0.3 is 15.1 Å². The molecule has 1 saturated carbocycles. The number of carbonyl (C=O) groups excluding carboxylic acids is 2. The van der Waals surface area contributed by atoms with Crippen LogP contribution in [0.15, 0.2) is 30.3 Å². The van der Waals surface area contributed by atoms with Gasteiger partial charge in [0.05, 0.1) is 17.7 Å². The Balaban J connectivity index is 1.73. The van der Waals surface area contributed by atoms with Crippen LogP contribution >= 0.6 is 0 Å². The monoisotopic (exact) mass is 490 g/mol. The normalized spacial score (nSPS) is 17.7. The van der Waals surface area contributed by atoms with Gasteiger partial charge in [-0.25, -0.2) is 9.78 Å². The van der Waals surface area contributed by atoms with Gasteiger partial charge in [0.25, 0.3) is 5.91 Å². The van der Waals surface area contributed by atoms with E-state index >= 15 is 0 Å². The number of nitrogens with one attached hydrogen (secondary N) is 1. The molecule has 186 valence electrons. The molecule has 1 aliphatic rings. The second-order valence-corrected chi connectivity index (χ2v) is 8.44. The first-order valence-electron chi connectivity index (χ1n) is 10.9. The van der Waals surface area contributed by atoms with E-state index in [1.165, 1.54) is 24.3 Å². The average Bonchev–Trinajstić information content (AvgIpc) is 2.81. The van der Waals surface area contributed by atoms with E-state index in [4.69, 9.17) is 5.26 Å². The summed E-state index contributed by atoms with van der Waals surface area (Å²) in [5, 5.41) is 12.8. The number of hydroxylamine groups is 2. The van der Waals surface area contributed by atoms with Crippen LogP contribution in [0.4, 0.5) is 24.9 Å². The number of carbonyl (C=O) groups is 2. The van der Waals surface area contributed by atoms with Crippen LogP contribution in [0.25, 0.3) is 0 Å². The fraction of sp³-hybridized carbons (Fsp3) is 0.435. The predicted octanol–water partition coefficient (Wildman–Crippen LogP) is 3.61. The molecule has 0 saturated heterocycles. The van der Waals surface area contributed by atoms with Gasteiger partial charge in [0.2, 0.25) is 5.95 Å². The van der Waals surface area contributed by atoms with Crippen LogP contribution in [0.2, 0.25) is 0 Å². The summed E-state index contributed by atoms with van der Waals surface area (Å²) in [6.45, 7) is 1.85. The van der Waals surface area contributed by atoms with Crippen molar-refractivity contribution in [1.29, 1.82) is 5.26 Å². The van der Waals surface area contributed by atoms with E-state index in [9.17, 15) is 22.8 Å². The van der Waals surface area contributed by atoms with E-state index in [0.717, 1.165) is 5.69 Å². The maximum atomic E-state index is 13.0. The molecule has 1 heterocycles. The number of amides is 1. The molecule has 2 aromatic rings. The van der Waals surface area contributed by atoms with Crippen LogP contribution in [0.5, 0.6) is 0 Å². The number of nitriles is 1. The van der Waals surface area contributed by atoms with Gasteiger partial charge >= 0.3 is 12.1 Å². The van der Waals surface area contributed by atoms with E-state index < -0.39 is 24.1 Å². The van der Waals surface area contributed by atoms with Gasteiger partial charge in [-0.3, -0.25) is 4.79 Å². The highest BCUT2D eigenvalue weighted by atomic mass is 19.4. The molecule has 0 bridgehead atoms. The fourth-order valence-electron chi connectivity index (χ4n) is 3.73. The van der Waals surface area contributed by atoms with Gasteiger partial charge in [-0.15, -0.1) is 0 Å². The number of hydrogen-bond donors (Lipinski definition) is 1. The van der Waals surface area contributed by atoms with Crippen molar-refractivity contribution < 1.29 is 27.6 Å². The van der Waals surface area contributed by atoms with Crippen molar-refractivity contribution in [2.45, 2.75) is 50.9 Å². The molecule has 12 heteroatoms. The van der Waals surface area contributed by atoms with Crippen LogP contribution < -0.4 is 10.2 Å². The highest BCUT2D eigenvalue weighted by Gasteiger charge is 2.45. The molecule has 1 amide bonds. The molecular formula is C23H25F3N6O3. The number of aromatic nitrogens is 2. The Hall–Kier alpha value is -3.88. The minimum Gasteiger partial charge on any atom is -0.367 e. The summed E-state index contributed by atoms with van der Waals surface area (Å²) in [5.41, 5.74) is 1.06. The Bertz CT molecular complexity index is 1110. The van der Waals surface area contributed by atoms with Gasteiger partial charge in [-0.05, 0) is 56.9 Å². The molecule has 35 heavy (non-hydrogen) atoms. The van der Waals surface area contributed by atoms with Crippen molar-refractivity contribution in [2.75, 3.05) is 24.3 Å². The van der Waals surface area contributed by atoms with Crippen molar-refractivity contribution in [1.82, 2.24) is 15.0 Å². The largest absolute Gasteiger partial charge is 0.493 e. The number of alkyl halides is 3. The smallest absolute Gasteiger partial charge is 0.367 e. The van der Waals surface area contributed by atoms with Crippen LogP contribution in [-0.2, 0) is 9.63 Å². The lowest BCUT2D eigenvalue weighted by Gasteiger charge is -2.35. The summed E-state index contributed by atoms with van der Waals surface area (Å²) in [6.07, 6.45) is -3.64. The molecule has 0 spiro atoms. The lowest BCUT2D eigenvalue weighted by Crippen LogP contribution is -2.47. The third-order valence-electron chi connectivity index (χ3n) is 5.50. The third-order valence-corrected chi connectivity index (χ3v) is 5.50. The van der Waals surface area contributed by atoms with Gasteiger partial charge in [0.15, 0.2) is 0 Å². The van der Waals surface area contributed by atoms with E-state index in [1.807, 2.05) is 27.1 Å². The molecule has 0 aliphatic heterocycles. The van der Waals surface area contributed by atoms with Crippen molar-refractivity contribution >= 4 is 23.6 Å². The highest BCUT2D eigenvalue weighted by molar-refractivity contribution is 5.94. The topological polar surface area (TPSA) is 111 Å². The number of anilines is 2. The van der Waals surface area contributed by atoms with Crippen LogP contribution in [0.1, 0.15) is 47.3 Å². The number of aryl methyl sites for hydroxylation is 1. The molecule has 1 aromatic heterocycles. The second kappa shape index (κ2) is 10.6. The van der Waals surface area contributed by atoms with Crippen LogP contribution in [-0.4, -0.2) is 59.3 Å². The number of halogens is 3. The lowest BCUT2D eigenvalue weighted by atomic mass is 9.90. The number of rotatable bonds is 5. The van der Waals surface area contributed by atoms with Crippen molar-refractivity contribution in [3.05, 3.63) is 47.2 Å². The summed E-state index contributed by atoms with van der Waals surface area (Å²) in [4.78, 5) is 39.7. The summed E-state index contributed by atoms with van der Waals surface area (Å²) in [5.74, 6) is -2.18. The van der Waals surface area contributed by atoms with E-state index in [-0.39, 0.29) is 17.2 Å². The third kappa shape index (κ3) is 6.59. The Morgan fingerprint density at radius 2 is 1.74 bits per heavy atom. The maximum Gasteiger partial charge on any atom is 0.493 e. The Kier molecular flexibility index (Phi) is 7.78. The van der Waals surface area contributed by atoms with Gasteiger partial charge in [-0.1, -0.05) is 0 Å². The zero-order valence-electron chi connectivity index (χ0n) is 19.5. The number of hydrogen-bond acceptors (Lipinski definition) is 8. The number of nitrogens with zero attached hydrogens (tertiary/aromatic N) is 5. The minimum atomic E-state index is -5.25. The Labute approximate surface area is 200 Å². The first-order valence-corrected chi connectivity index (χ1v) is 10.9. The summed E-state index contributed by atoms with van der Waals surface area (Å²) in [7, 11) is 3.65. The van der Waals surface area contributed by atoms with E-state index in [1.54, 1.807) is 11.0 Å². The standard InChI is InChI=1S/C23H25F3N6O3/c1-14-12-19(30-22(28-14)31(2)3)29-17-8-10-18(11-9-17)32(35-21(34)23(24,25)26)20(33)16-6-4-15(13-27)5-7-16/h4-7,12,17-18H,8-11H2,1-3H3,(H,28,29,30). The highest BCUT2D eigenvalue weighted by Crippen LogP contribution is 2.29. The molecule has 1 aliphatic carbocycles. The Morgan fingerprint density at radius 3 is 2.29 bits per heavy atom. The van der Waals surface area contributed by atoms with E-state index in [0.29, 0.717) is 42.5 Å². The average molecular weight is 490 g/mol. The molecule has 1 N–H and O–H groups in total. The molecule has 0 atom stereocenters. The van der Waals surface area contributed by atoms with Crippen molar-refractivity contribution in [3.8, 4) is 6.07 Å². The molecule has 1 aromatic carbocycles. The first-order chi connectivity index (χ1) is 16.5. The summed E-state index contributed by atoms with van der Waals surface area (Å²) in [6, 6.07) is 8.25. The summed E-state index contributed by atoms with van der Waals surface area (Å²) < 4.78 is 38.7. The minimum absolute atomic E-state index is 0.00639. The molecule has 1 fully saturated rings. The first kappa shape index (κ1) is 25.7. The molecule has 9 nitrogen and oxygen atoms in total. The molecule has 0 radical (unpaired) electrons. The maximum absolute atomic E-state index is 13.0. The lowest BCUT2D eigenvalue weighted by molar-refractivity contribution is -0.235. The summed E-state index contributed by atoms with van der Waals surface area (Å²) >= 11 is 0. The van der Waals surface area contributed by atoms with Gasteiger partial charge in [-0.2, -0.15) is 28.5 Å².